The van der Waals surface area contributed by atoms with Crippen molar-refractivity contribution in [1.82, 2.24) is 5.32 Å². The van der Waals surface area contributed by atoms with Crippen molar-refractivity contribution in [2.24, 2.45) is 0 Å². The standard InChI is InChI=1S/C20H27NO4/c1-13(16-8-6-7-9-18(16)24-5)10-19(22)21-12-20(4,23)17-11-14(2)25-15(17)3/h6-9,11,13,23H,10,12H2,1-5H3,(H,21,22). The number of benzene rings is 1. The van der Waals surface area contributed by atoms with Crippen LogP contribution >= 0.6 is 0 Å². The van der Waals surface area contributed by atoms with Crippen molar-refractivity contribution in [3.63, 3.8) is 0 Å². The lowest BCUT2D eigenvalue weighted by Crippen LogP contribution is -2.39. The molecular weight excluding hydrogens is 318 g/mol. The van der Waals surface area contributed by atoms with Gasteiger partial charge in [0, 0.05) is 12.0 Å². The van der Waals surface area contributed by atoms with E-state index in [1.807, 2.05) is 45.0 Å². The molecule has 2 atom stereocenters. The fourth-order valence-electron chi connectivity index (χ4n) is 3.07. The Hall–Kier alpha value is -2.27. The number of ether oxygens (including phenoxy) is 1. The number of amides is 1. The van der Waals surface area contributed by atoms with Crippen LogP contribution in [0.15, 0.2) is 34.7 Å². The number of aryl methyl sites for hydroxylation is 2. The fourth-order valence-corrected chi connectivity index (χ4v) is 3.07. The van der Waals surface area contributed by atoms with Gasteiger partial charge < -0.3 is 19.6 Å². The molecule has 25 heavy (non-hydrogen) atoms. The molecule has 0 radical (unpaired) electrons. The van der Waals surface area contributed by atoms with Crippen LogP contribution in [-0.2, 0) is 10.4 Å². The molecule has 2 rings (SSSR count). The first-order valence-electron chi connectivity index (χ1n) is 8.44. The minimum Gasteiger partial charge on any atom is -0.496 e. The zero-order chi connectivity index (χ0) is 18.6. The monoisotopic (exact) mass is 345 g/mol. The summed E-state index contributed by atoms with van der Waals surface area (Å²) >= 11 is 0. The Bertz CT molecular complexity index is 733. The number of para-hydroxylation sites is 1. The van der Waals surface area contributed by atoms with Crippen LogP contribution in [0.2, 0.25) is 0 Å². The topological polar surface area (TPSA) is 71.7 Å². The van der Waals surface area contributed by atoms with Crippen LogP contribution in [0.3, 0.4) is 0 Å². The van der Waals surface area contributed by atoms with E-state index in [1.165, 1.54) is 0 Å². The average Bonchev–Trinajstić information content (AvgIpc) is 2.92. The van der Waals surface area contributed by atoms with Gasteiger partial charge in [-0.3, -0.25) is 4.79 Å². The number of nitrogens with one attached hydrogen (secondary N) is 1. The summed E-state index contributed by atoms with van der Waals surface area (Å²) in [5.74, 6) is 2.08. The maximum atomic E-state index is 12.3. The van der Waals surface area contributed by atoms with Crippen LogP contribution in [-0.4, -0.2) is 24.7 Å². The predicted octanol–water partition coefficient (Wildman–Crippen LogP) is 3.42. The first-order chi connectivity index (χ1) is 11.7. The first kappa shape index (κ1) is 19.1. The number of aliphatic hydroxyl groups is 1. The molecule has 0 bridgehead atoms. The van der Waals surface area contributed by atoms with Crippen molar-refractivity contribution in [3.8, 4) is 5.75 Å². The summed E-state index contributed by atoms with van der Waals surface area (Å²) in [7, 11) is 1.62. The van der Waals surface area contributed by atoms with Crippen molar-refractivity contribution in [2.75, 3.05) is 13.7 Å². The summed E-state index contributed by atoms with van der Waals surface area (Å²) in [6, 6.07) is 9.49. The van der Waals surface area contributed by atoms with Gasteiger partial charge in [0.2, 0.25) is 5.91 Å². The van der Waals surface area contributed by atoms with Gasteiger partial charge in [0.25, 0.3) is 0 Å². The van der Waals surface area contributed by atoms with Gasteiger partial charge in [0.15, 0.2) is 0 Å². The van der Waals surface area contributed by atoms with Gasteiger partial charge in [-0.15, -0.1) is 0 Å². The minimum absolute atomic E-state index is 0.0130. The lowest BCUT2D eigenvalue weighted by Gasteiger charge is -2.24. The summed E-state index contributed by atoms with van der Waals surface area (Å²) in [5.41, 5.74) is 0.516. The molecule has 2 aromatic rings. The molecule has 0 saturated heterocycles. The van der Waals surface area contributed by atoms with Crippen LogP contribution in [0.25, 0.3) is 0 Å². The lowest BCUT2D eigenvalue weighted by atomic mass is 9.94. The average molecular weight is 345 g/mol. The molecule has 0 saturated carbocycles. The molecule has 1 aromatic carbocycles. The molecule has 0 aliphatic rings. The molecule has 0 fully saturated rings. The largest absolute Gasteiger partial charge is 0.496 e. The highest BCUT2D eigenvalue weighted by molar-refractivity contribution is 5.77. The highest BCUT2D eigenvalue weighted by atomic mass is 16.5. The Balaban J connectivity index is 1.97. The highest BCUT2D eigenvalue weighted by Crippen LogP contribution is 2.29. The van der Waals surface area contributed by atoms with Gasteiger partial charge in [-0.05, 0) is 44.4 Å². The van der Waals surface area contributed by atoms with Gasteiger partial charge in [-0.25, -0.2) is 0 Å². The number of carbonyl (C=O) groups excluding carboxylic acids is 1. The van der Waals surface area contributed by atoms with Crippen molar-refractivity contribution in [3.05, 3.63) is 53.0 Å². The first-order valence-corrected chi connectivity index (χ1v) is 8.44. The predicted molar refractivity (Wildman–Crippen MR) is 96.8 cm³/mol. The third-order valence-corrected chi connectivity index (χ3v) is 4.41. The number of hydrogen-bond acceptors (Lipinski definition) is 4. The quantitative estimate of drug-likeness (QED) is 0.806. The lowest BCUT2D eigenvalue weighted by molar-refractivity contribution is -0.122. The Labute approximate surface area is 149 Å². The zero-order valence-corrected chi connectivity index (χ0v) is 15.6. The smallest absolute Gasteiger partial charge is 0.220 e. The zero-order valence-electron chi connectivity index (χ0n) is 15.6. The molecule has 0 spiro atoms. The second-order valence-electron chi connectivity index (χ2n) is 6.72. The van der Waals surface area contributed by atoms with Gasteiger partial charge >= 0.3 is 0 Å². The highest BCUT2D eigenvalue weighted by Gasteiger charge is 2.28. The second kappa shape index (κ2) is 7.74. The molecular formula is C20H27NO4. The van der Waals surface area contributed by atoms with Crippen LogP contribution in [0, 0.1) is 13.8 Å². The van der Waals surface area contributed by atoms with E-state index < -0.39 is 5.60 Å². The number of hydrogen-bond donors (Lipinski definition) is 2. The van der Waals surface area contributed by atoms with E-state index in [9.17, 15) is 9.90 Å². The number of methoxy groups -OCH3 is 1. The Morgan fingerprint density at radius 3 is 2.64 bits per heavy atom. The third kappa shape index (κ3) is 4.63. The van der Waals surface area contributed by atoms with Crippen molar-refractivity contribution in [1.29, 1.82) is 0 Å². The van der Waals surface area contributed by atoms with Crippen LogP contribution in [0.1, 0.15) is 48.8 Å². The van der Waals surface area contributed by atoms with Crippen molar-refractivity contribution in [2.45, 2.75) is 45.6 Å². The van der Waals surface area contributed by atoms with E-state index in [0.29, 0.717) is 17.7 Å². The van der Waals surface area contributed by atoms with Crippen LogP contribution in [0.5, 0.6) is 5.75 Å². The van der Waals surface area contributed by atoms with Gasteiger partial charge in [-0.1, -0.05) is 25.1 Å². The molecule has 1 amide bonds. The Morgan fingerprint density at radius 2 is 2.04 bits per heavy atom. The maximum absolute atomic E-state index is 12.3. The molecule has 1 aromatic heterocycles. The Morgan fingerprint density at radius 1 is 1.36 bits per heavy atom. The van der Waals surface area contributed by atoms with Gasteiger partial charge in [0.05, 0.1) is 13.7 Å². The van der Waals surface area contributed by atoms with Gasteiger partial charge in [-0.2, -0.15) is 0 Å². The van der Waals surface area contributed by atoms with Crippen LogP contribution < -0.4 is 10.1 Å². The van der Waals surface area contributed by atoms with E-state index >= 15 is 0 Å². The van der Waals surface area contributed by atoms with E-state index in [2.05, 4.69) is 5.32 Å². The molecule has 1 heterocycles. The molecule has 0 aliphatic heterocycles. The third-order valence-electron chi connectivity index (χ3n) is 4.41. The molecule has 5 nitrogen and oxygen atoms in total. The summed E-state index contributed by atoms with van der Waals surface area (Å²) in [6.45, 7) is 7.43. The summed E-state index contributed by atoms with van der Waals surface area (Å²) in [4.78, 5) is 12.3. The Kier molecular flexibility index (Phi) is 5.90. The SMILES string of the molecule is COc1ccccc1C(C)CC(=O)NCC(C)(O)c1cc(C)oc1C. The van der Waals surface area contributed by atoms with Crippen molar-refractivity contribution < 1.29 is 19.1 Å². The van der Waals surface area contributed by atoms with E-state index in [0.717, 1.165) is 17.1 Å². The fraction of sp³-hybridized carbons (Fsp3) is 0.450. The van der Waals surface area contributed by atoms with Gasteiger partial charge in [0.1, 0.15) is 22.9 Å². The molecule has 2 N–H and O–H groups in total. The van der Waals surface area contributed by atoms with Crippen LogP contribution in [0.4, 0.5) is 0 Å². The summed E-state index contributed by atoms with van der Waals surface area (Å²) < 4.78 is 10.8. The molecule has 2 unspecified atom stereocenters. The summed E-state index contributed by atoms with van der Waals surface area (Å²) in [6.07, 6.45) is 0.319. The number of rotatable bonds is 7. The number of furan rings is 1. The van der Waals surface area contributed by atoms with Crippen molar-refractivity contribution >= 4 is 5.91 Å². The number of carbonyl (C=O) groups is 1. The second-order valence-corrected chi connectivity index (χ2v) is 6.72. The molecule has 136 valence electrons. The molecule has 0 aliphatic carbocycles. The van der Waals surface area contributed by atoms with E-state index in [1.54, 1.807) is 20.1 Å². The molecule has 5 heteroatoms. The normalized spacial score (nSPS) is 14.6. The maximum Gasteiger partial charge on any atom is 0.220 e. The van der Waals surface area contributed by atoms with E-state index in [4.69, 9.17) is 9.15 Å². The van der Waals surface area contributed by atoms with E-state index in [-0.39, 0.29) is 18.4 Å². The minimum atomic E-state index is -1.18. The summed E-state index contributed by atoms with van der Waals surface area (Å²) in [5, 5.41) is 13.5.